The van der Waals surface area contributed by atoms with Crippen LogP contribution in [0.3, 0.4) is 0 Å². The quantitative estimate of drug-likeness (QED) is 0.757. The molecule has 3 unspecified atom stereocenters. The van der Waals surface area contributed by atoms with Gasteiger partial charge in [0.15, 0.2) is 0 Å². The van der Waals surface area contributed by atoms with Gasteiger partial charge in [0.1, 0.15) is 11.6 Å². The van der Waals surface area contributed by atoms with Gasteiger partial charge >= 0.3 is 0 Å². The first-order chi connectivity index (χ1) is 13.5. The molecule has 1 amide bonds. The van der Waals surface area contributed by atoms with E-state index in [1.54, 1.807) is 12.1 Å². The molecule has 0 bridgehead atoms. The summed E-state index contributed by atoms with van der Waals surface area (Å²) in [6.45, 7) is 7.40. The zero-order chi connectivity index (χ0) is 20.1. The number of rotatable bonds is 7. The molecule has 0 spiro atoms. The molecule has 0 aromatic heterocycles. The van der Waals surface area contributed by atoms with Gasteiger partial charge in [0, 0.05) is 6.04 Å². The molecule has 28 heavy (non-hydrogen) atoms. The molecule has 3 rings (SSSR count). The van der Waals surface area contributed by atoms with Crippen LogP contribution in [0, 0.1) is 5.82 Å². The molecule has 150 valence electrons. The molecule has 4 nitrogen and oxygen atoms in total. The summed E-state index contributed by atoms with van der Waals surface area (Å²) < 4.78 is 18.6. The minimum atomic E-state index is -0.272. The van der Waals surface area contributed by atoms with Crippen LogP contribution in [-0.4, -0.2) is 30.0 Å². The van der Waals surface area contributed by atoms with Gasteiger partial charge in [-0.3, -0.25) is 9.69 Å². The predicted octanol–water partition coefficient (Wildman–Crippen LogP) is 4.63. The van der Waals surface area contributed by atoms with Crippen LogP contribution in [0.15, 0.2) is 48.5 Å². The van der Waals surface area contributed by atoms with Crippen LogP contribution in [0.4, 0.5) is 4.39 Å². The molecule has 1 heterocycles. The number of nitrogens with zero attached hydrogens (tertiary/aromatic N) is 1. The van der Waals surface area contributed by atoms with Gasteiger partial charge in [0.25, 0.3) is 0 Å². The van der Waals surface area contributed by atoms with Crippen molar-refractivity contribution >= 4 is 5.91 Å². The van der Waals surface area contributed by atoms with Gasteiger partial charge in [-0.05, 0) is 75.5 Å². The topological polar surface area (TPSA) is 41.6 Å². The summed E-state index contributed by atoms with van der Waals surface area (Å²) in [4.78, 5) is 15.1. The Morgan fingerprint density at radius 1 is 1.18 bits per heavy atom. The highest BCUT2D eigenvalue weighted by Gasteiger charge is 2.33. The number of nitrogens with one attached hydrogen (secondary N) is 1. The minimum Gasteiger partial charge on any atom is -0.494 e. The van der Waals surface area contributed by atoms with Gasteiger partial charge in [0.05, 0.1) is 18.7 Å². The Bertz CT molecular complexity index is 776. The van der Waals surface area contributed by atoms with Crippen LogP contribution in [0.2, 0.25) is 0 Å². The number of hydrogen-bond acceptors (Lipinski definition) is 3. The van der Waals surface area contributed by atoms with E-state index < -0.39 is 0 Å². The van der Waals surface area contributed by atoms with Crippen molar-refractivity contribution in [1.82, 2.24) is 10.2 Å². The molecule has 2 aromatic carbocycles. The number of ether oxygens (including phenoxy) is 1. The highest BCUT2D eigenvalue weighted by Crippen LogP contribution is 2.34. The largest absolute Gasteiger partial charge is 0.494 e. The molecule has 1 aliphatic rings. The fraction of sp³-hybridized carbons (Fsp3) is 0.435. The molecule has 1 saturated heterocycles. The summed E-state index contributed by atoms with van der Waals surface area (Å²) >= 11 is 0. The SMILES string of the molecule is CCOc1ccc(C2CCCN2C(C)C(=O)NC(C)c2ccc(F)cc2)cc1. The minimum absolute atomic E-state index is 0.00494. The van der Waals surface area contributed by atoms with Crippen molar-refractivity contribution in [2.75, 3.05) is 13.2 Å². The Labute approximate surface area is 166 Å². The van der Waals surface area contributed by atoms with Crippen molar-refractivity contribution in [2.24, 2.45) is 0 Å². The van der Waals surface area contributed by atoms with Crippen LogP contribution in [0.5, 0.6) is 5.75 Å². The van der Waals surface area contributed by atoms with Crippen molar-refractivity contribution in [3.05, 3.63) is 65.5 Å². The van der Waals surface area contributed by atoms with E-state index in [1.807, 2.05) is 32.9 Å². The summed E-state index contributed by atoms with van der Waals surface area (Å²) in [7, 11) is 0. The lowest BCUT2D eigenvalue weighted by molar-refractivity contribution is -0.126. The van der Waals surface area contributed by atoms with Crippen molar-refractivity contribution in [2.45, 2.75) is 51.7 Å². The Kier molecular flexibility index (Phi) is 6.68. The third kappa shape index (κ3) is 4.71. The molecule has 1 aliphatic heterocycles. The molecule has 5 heteroatoms. The third-order valence-electron chi connectivity index (χ3n) is 5.48. The van der Waals surface area contributed by atoms with Crippen LogP contribution in [0.25, 0.3) is 0 Å². The molecule has 1 N–H and O–H groups in total. The second-order valence-electron chi connectivity index (χ2n) is 7.36. The summed E-state index contributed by atoms with van der Waals surface area (Å²) in [6, 6.07) is 14.3. The lowest BCUT2D eigenvalue weighted by Crippen LogP contribution is -2.45. The number of likely N-dealkylation sites (tertiary alicyclic amines) is 1. The van der Waals surface area contributed by atoms with E-state index >= 15 is 0 Å². The molecule has 3 atom stereocenters. The van der Waals surface area contributed by atoms with Crippen molar-refractivity contribution in [3.8, 4) is 5.75 Å². The summed E-state index contributed by atoms with van der Waals surface area (Å²) in [5.41, 5.74) is 2.11. The second kappa shape index (κ2) is 9.20. The smallest absolute Gasteiger partial charge is 0.237 e. The van der Waals surface area contributed by atoms with E-state index in [0.717, 1.165) is 30.7 Å². The average Bonchev–Trinajstić information content (AvgIpc) is 3.18. The normalized spacial score (nSPS) is 19.2. The molecule has 0 saturated carbocycles. The van der Waals surface area contributed by atoms with Gasteiger partial charge in [-0.25, -0.2) is 4.39 Å². The maximum atomic E-state index is 13.1. The molecule has 0 radical (unpaired) electrons. The molecule has 0 aliphatic carbocycles. The first-order valence-corrected chi connectivity index (χ1v) is 10.0. The lowest BCUT2D eigenvalue weighted by atomic mass is 10.0. The highest BCUT2D eigenvalue weighted by molar-refractivity contribution is 5.81. The monoisotopic (exact) mass is 384 g/mol. The second-order valence-corrected chi connectivity index (χ2v) is 7.36. The number of carbonyl (C=O) groups excluding carboxylic acids is 1. The van der Waals surface area contributed by atoms with Gasteiger partial charge in [0.2, 0.25) is 5.91 Å². The third-order valence-corrected chi connectivity index (χ3v) is 5.48. The van der Waals surface area contributed by atoms with Crippen LogP contribution >= 0.6 is 0 Å². The van der Waals surface area contributed by atoms with Crippen LogP contribution in [-0.2, 0) is 4.79 Å². The van der Waals surface area contributed by atoms with Crippen molar-refractivity contribution in [3.63, 3.8) is 0 Å². The first-order valence-electron chi connectivity index (χ1n) is 10.0. The van der Waals surface area contributed by atoms with Crippen molar-refractivity contribution < 1.29 is 13.9 Å². The van der Waals surface area contributed by atoms with E-state index in [-0.39, 0.29) is 29.8 Å². The number of halogens is 1. The molecule has 1 fully saturated rings. The fourth-order valence-corrected chi connectivity index (χ4v) is 3.88. The molecular weight excluding hydrogens is 355 g/mol. The zero-order valence-electron chi connectivity index (χ0n) is 16.8. The van der Waals surface area contributed by atoms with E-state index in [2.05, 4.69) is 22.3 Å². The maximum Gasteiger partial charge on any atom is 0.237 e. The van der Waals surface area contributed by atoms with Gasteiger partial charge < -0.3 is 10.1 Å². The van der Waals surface area contributed by atoms with E-state index in [4.69, 9.17) is 4.74 Å². The summed E-state index contributed by atoms with van der Waals surface area (Å²) in [5.74, 6) is 0.593. The molecular formula is C23H29FN2O2. The van der Waals surface area contributed by atoms with Gasteiger partial charge in [-0.2, -0.15) is 0 Å². The van der Waals surface area contributed by atoms with E-state index in [1.165, 1.54) is 17.7 Å². The number of carbonyl (C=O) groups is 1. The van der Waals surface area contributed by atoms with Crippen LogP contribution < -0.4 is 10.1 Å². The Morgan fingerprint density at radius 2 is 1.86 bits per heavy atom. The van der Waals surface area contributed by atoms with E-state index in [0.29, 0.717) is 6.61 Å². The molecule has 2 aromatic rings. The summed E-state index contributed by atoms with van der Waals surface area (Å²) in [5, 5.41) is 3.07. The predicted molar refractivity (Wildman–Crippen MR) is 109 cm³/mol. The van der Waals surface area contributed by atoms with Gasteiger partial charge in [-0.15, -0.1) is 0 Å². The average molecular weight is 384 g/mol. The number of amides is 1. The Morgan fingerprint density at radius 3 is 2.50 bits per heavy atom. The Hall–Kier alpha value is -2.40. The Balaban J connectivity index is 1.65. The first kappa shape index (κ1) is 20.3. The zero-order valence-corrected chi connectivity index (χ0v) is 16.8. The lowest BCUT2D eigenvalue weighted by Gasteiger charge is -2.31. The fourth-order valence-electron chi connectivity index (χ4n) is 3.88. The van der Waals surface area contributed by atoms with E-state index in [9.17, 15) is 9.18 Å². The van der Waals surface area contributed by atoms with Crippen molar-refractivity contribution in [1.29, 1.82) is 0 Å². The standard InChI is InChI=1S/C23H29FN2O2/c1-4-28-21-13-9-19(10-14-21)22-6-5-15-26(22)17(3)23(27)25-16(2)18-7-11-20(24)12-8-18/h7-14,16-17,22H,4-6,15H2,1-3H3,(H,25,27). The summed E-state index contributed by atoms with van der Waals surface area (Å²) in [6.07, 6.45) is 2.11. The number of hydrogen-bond donors (Lipinski definition) is 1. The number of benzene rings is 2. The van der Waals surface area contributed by atoms with Gasteiger partial charge in [-0.1, -0.05) is 24.3 Å². The highest BCUT2D eigenvalue weighted by atomic mass is 19.1. The maximum absolute atomic E-state index is 13.1. The van der Waals surface area contributed by atoms with Crippen LogP contribution in [0.1, 0.15) is 56.8 Å².